The third kappa shape index (κ3) is 3.68. The summed E-state index contributed by atoms with van der Waals surface area (Å²) in [5, 5.41) is 4.66. The van der Waals surface area contributed by atoms with Gasteiger partial charge in [-0.05, 0) is 48.3 Å². The summed E-state index contributed by atoms with van der Waals surface area (Å²) in [6.45, 7) is 1.77. The Morgan fingerprint density at radius 1 is 1.00 bits per heavy atom. The number of likely N-dealkylation sites (tertiary alicyclic amines) is 1. The number of nitrogens with one attached hydrogen (secondary N) is 1. The van der Waals surface area contributed by atoms with Crippen LogP contribution in [-0.4, -0.2) is 50.5 Å². The second-order valence-electron chi connectivity index (χ2n) is 9.17. The lowest BCUT2D eigenvalue weighted by atomic mass is 9.93. The highest BCUT2D eigenvalue weighted by Gasteiger charge is 2.30. The number of rotatable bonds is 5. The van der Waals surface area contributed by atoms with Crippen molar-refractivity contribution in [3.05, 3.63) is 78.5 Å². The molecule has 1 aliphatic rings. The van der Waals surface area contributed by atoms with Gasteiger partial charge >= 0.3 is 0 Å². The Bertz CT molecular complexity index is 1600. The molecule has 2 aromatic carbocycles. The highest BCUT2D eigenvalue weighted by atomic mass is 16.1. The topological polar surface area (TPSA) is 102 Å². The van der Waals surface area contributed by atoms with Crippen molar-refractivity contribution in [3.63, 3.8) is 0 Å². The van der Waals surface area contributed by atoms with Crippen LogP contribution >= 0.6 is 0 Å². The molecule has 8 nitrogen and oxygen atoms in total. The van der Waals surface area contributed by atoms with Crippen molar-refractivity contribution in [3.8, 4) is 11.1 Å². The molecule has 6 rings (SSSR count). The van der Waals surface area contributed by atoms with Crippen LogP contribution in [0, 0.1) is 0 Å². The summed E-state index contributed by atoms with van der Waals surface area (Å²) >= 11 is 0. The molecule has 1 saturated heterocycles. The van der Waals surface area contributed by atoms with Crippen LogP contribution in [0.4, 0.5) is 11.4 Å². The highest BCUT2D eigenvalue weighted by Crippen LogP contribution is 2.37. The number of pyridine rings is 1. The number of aryl methyl sites for hydroxylation is 1. The molecule has 0 bridgehead atoms. The number of aromatic nitrogens is 4. The lowest BCUT2D eigenvalue weighted by Crippen LogP contribution is -2.42. The van der Waals surface area contributed by atoms with E-state index in [0.29, 0.717) is 11.3 Å². The van der Waals surface area contributed by atoms with Crippen molar-refractivity contribution in [2.75, 3.05) is 25.5 Å². The quantitative estimate of drug-likeness (QED) is 0.408. The smallest absolute Gasteiger partial charge is 0.250 e. The van der Waals surface area contributed by atoms with Gasteiger partial charge in [0.25, 0.3) is 5.91 Å². The molecule has 4 heterocycles. The zero-order chi connectivity index (χ0) is 24.1. The number of amides is 1. The Hall–Kier alpha value is -4.30. The fraction of sp³-hybridized carbons (Fsp3) is 0.185. The van der Waals surface area contributed by atoms with E-state index in [2.05, 4.69) is 73.3 Å². The number of carbonyl (C=O) groups excluding carboxylic acids is 1. The second kappa shape index (κ2) is 8.18. The van der Waals surface area contributed by atoms with E-state index in [9.17, 15) is 4.79 Å². The molecule has 5 aromatic rings. The Morgan fingerprint density at radius 2 is 1.83 bits per heavy atom. The van der Waals surface area contributed by atoms with Gasteiger partial charge in [-0.15, -0.1) is 0 Å². The minimum absolute atomic E-state index is 0.237. The van der Waals surface area contributed by atoms with Crippen LogP contribution in [0.2, 0.25) is 0 Å². The Balaban J connectivity index is 1.50. The van der Waals surface area contributed by atoms with Gasteiger partial charge in [-0.25, -0.2) is 0 Å². The monoisotopic (exact) mass is 463 g/mol. The molecule has 3 aromatic heterocycles. The first kappa shape index (κ1) is 21.2. The van der Waals surface area contributed by atoms with E-state index in [1.54, 1.807) is 24.7 Å². The molecule has 174 valence electrons. The first-order valence-corrected chi connectivity index (χ1v) is 11.5. The van der Waals surface area contributed by atoms with Crippen molar-refractivity contribution in [2.24, 2.45) is 12.8 Å². The maximum Gasteiger partial charge on any atom is 0.250 e. The lowest BCUT2D eigenvalue weighted by molar-refractivity contribution is 0.100. The molecule has 0 atom stereocenters. The second-order valence-corrected chi connectivity index (χ2v) is 9.17. The van der Waals surface area contributed by atoms with E-state index in [1.165, 1.54) is 5.39 Å². The Morgan fingerprint density at radius 3 is 2.63 bits per heavy atom. The molecule has 3 N–H and O–H groups in total. The molecule has 35 heavy (non-hydrogen) atoms. The summed E-state index contributed by atoms with van der Waals surface area (Å²) in [5.74, 6) is -0.250. The van der Waals surface area contributed by atoms with Crippen LogP contribution in [0.3, 0.4) is 0 Å². The molecular formula is C27H25N7O. The minimum atomic E-state index is -0.487. The summed E-state index contributed by atoms with van der Waals surface area (Å²) in [6, 6.07) is 14.1. The average Bonchev–Trinajstić information content (AvgIpc) is 3.21. The van der Waals surface area contributed by atoms with E-state index in [4.69, 9.17) is 5.73 Å². The number of primary amides is 1. The Kier molecular flexibility index (Phi) is 4.96. The van der Waals surface area contributed by atoms with Crippen LogP contribution in [0.25, 0.3) is 33.1 Å². The average molecular weight is 464 g/mol. The predicted octanol–water partition coefficient (Wildman–Crippen LogP) is 4.06. The van der Waals surface area contributed by atoms with E-state index in [0.717, 1.165) is 52.1 Å². The van der Waals surface area contributed by atoms with Crippen LogP contribution in [0.15, 0.2) is 67.3 Å². The van der Waals surface area contributed by atoms with E-state index in [-0.39, 0.29) is 5.92 Å². The third-order valence-corrected chi connectivity index (χ3v) is 6.74. The fourth-order valence-electron chi connectivity index (χ4n) is 4.94. The van der Waals surface area contributed by atoms with Crippen molar-refractivity contribution in [2.45, 2.75) is 5.92 Å². The lowest BCUT2D eigenvalue weighted by Gasteiger charge is -2.36. The summed E-state index contributed by atoms with van der Waals surface area (Å²) < 4.78 is 2.10. The van der Waals surface area contributed by atoms with Gasteiger partial charge in [-0.1, -0.05) is 12.1 Å². The van der Waals surface area contributed by atoms with Gasteiger partial charge in [-0.2, -0.15) is 0 Å². The molecule has 1 amide bonds. The van der Waals surface area contributed by atoms with Gasteiger partial charge in [0.1, 0.15) is 0 Å². The summed E-state index contributed by atoms with van der Waals surface area (Å²) in [5.41, 5.74) is 13.2. The molecule has 0 radical (unpaired) electrons. The number of nitrogens with zero attached hydrogens (tertiary/aromatic N) is 5. The van der Waals surface area contributed by atoms with Crippen LogP contribution in [-0.2, 0) is 7.05 Å². The number of benzene rings is 2. The number of likely N-dealkylation sites (N-methyl/N-ethyl adjacent to an activating group) is 1. The predicted molar refractivity (Wildman–Crippen MR) is 138 cm³/mol. The van der Waals surface area contributed by atoms with Crippen molar-refractivity contribution < 1.29 is 4.79 Å². The number of hydrogen-bond donors (Lipinski definition) is 2. The van der Waals surface area contributed by atoms with Crippen molar-refractivity contribution in [1.82, 2.24) is 24.4 Å². The summed E-state index contributed by atoms with van der Waals surface area (Å²) in [4.78, 5) is 28.4. The fourth-order valence-corrected chi connectivity index (χ4v) is 4.94. The standard InChI is InChI=1S/C27H25N7O/c1-33-14-18(15-33)24-26(20(27(28)35)5-7-30-24)32-19-12-21(25-22(13-19)29-8-9-31-25)17-4-3-16-6-10-34(2)23(16)11-17/h3-13,18,32H,14-15H2,1-2H3,(H2,28,35). The number of nitrogens with two attached hydrogens (primary N) is 1. The van der Waals surface area contributed by atoms with Crippen LogP contribution in [0.5, 0.6) is 0 Å². The molecule has 0 unspecified atom stereocenters. The van der Waals surface area contributed by atoms with Gasteiger partial charge in [0.2, 0.25) is 0 Å². The summed E-state index contributed by atoms with van der Waals surface area (Å²) in [7, 11) is 4.11. The largest absolute Gasteiger partial charge is 0.366 e. The van der Waals surface area contributed by atoms with Gasteiger partial charge in [0.15, 0.2) is 0 Å². The molecule has 0 aliphatic carbocycles. The molecule has 8 heteroatoms. The third-order valence-electron chi connectivity index (χ3n) is 6.74. The number of carbonyl (C=O) groups is 1. The van der Waals surface area contributed by atoms with E-state index < -0.39 is 5.91 Å². The van der Waals surface area contributed by atoms with Crippen LogP contribution in [0.1, 0.15) is 22.0 Å². The van der Waals surface area contributed by atoms with E-state index >= 15 is 0 Å². The molecule has 0 saturated carbocycles. The normalized spacial score (nSPS) is 14.3. The first-order valence-electron chi connectivity index (χ1n) is 11.5. The highest BCUT2D eigenvalue weighted by molar-refractivity contribution is 6.01. The van der Waals surface area contributed by atoms with Crippen molar-refractivity contribution >= 4 is 39.2 Å². The number of hydrogen-bond acceptors (Lipinski definition) is 6. The molecule has 1 fully saturated rings. The first-order chi connectivity index (χ1) is 17.0. The maximum atomic E-state index is 12.3. The van der Waals surface area contributed by atoms with Gasteiger partial charge in [0.05, 0.1) is 28.0 Å². The molecule has 1 aliphatic heterocycles. The van der Waals surface area contributed by atoms with Gasteiger partial charge in [0, 0.05) is 67.6 Å². The van der Waals surface area contributed by atoms with Crippen molar-refractivity contribution in [1.29, 1.82) is 0 Å². The molecule has 0 spiro atoms. The van der Waals surface area contributed by atoms with Gasteiger partial charge in [-0.3, -0.25) is 19.7 Å². The minimum Gasteiger partial charge on any atom is -0.366 e. The number of anilines is 2. The summed E-state index contributed by atoms with van der Waals surface area (Å²) in [6.07, 6.45) is 7.10. The van der Waals surface area contributed by atoms with Crippen LogP contribution < -0.4 is 11.1 Å². The number of fused-ring (bicyclic) bond motifs is 2. The SMILES string of the molecule is CN1CC(c2nccc(C(N)=O)c2Nc2cc(-c3ccc4ccn(C)c4c3)c3nccnc3c2)C1. The molecular weight excluding hydrogens is 438 g/mol. The Labute approximate surface area is 202 Å². The maximum absolute atomic E-state index is 12.3. The van der Waals surface area contributed by atoms with Gasteiger partial charge < -0.3 is 20.5 Å². The zero-order valence-corrected chi connectivity index (χ0v) is 19.6. The zero-order valence-electron chi connectivity index (χ0n) is 19.6. The van der Waals surface area contributed by atoms with E-state index in [1.807, 2.05) is 13.1 Å².